The van der Waals surface area contributed by atoms with Gasteiger partial charge < -0.3 is 5.73 Å². The summed E-state index contributed by atoms with van der Waals surface area (Å²) in [5.74, 6) is -0.196. The van der Waals surface area contributed by atoms with Crippen molar-refractivity contribution >= 4 is 11.3 Å². The number of hydrogen-bond acceptors (Lipinski definition) is 2. The molecule has 0 saturated carbocycles. The van der Waals surface area contributed by atoms with E-state index in [1.807, 2.05) is 19.9 Å². The van der Waals surface area contributed by atoms with Crippen molar-refractivity contribution in [2.45, 2.75) is 26.8 Å². The van der Waals surface area contributed by atoms with Gasteiger partial charge in [0.05, 0.1) is 6.04 Å². The van der Waals surface area contributed by atoms with E-state index in [9.17, 15) is 4.39 Å². The van der Waals surface area contributed by atoms with Crippen LogP contribution in [0.25, 0.3) is 0 Å². The molecular formula is C14H16FNS. The standard InChI is InChI=1S/C14H16FNS/c1-8-6-11(15)7-9(2)13(8)14(16)12-5-4-10(3)17-12/h4-7,14H,16H2,1-3H3. The summed E-state index contributed by atoms with van der Waals surface area (Å²) < 4.78 is 13.2. The Morgan fingerprint density at radius 1 is 1.12 bits per heavy atom. The molecule has 1 nitrogen and oxygen atoms in total. The van der Waals surface area contributed by atoms with Crippen LogP contribution in [-0.4, -0.2) is 0 Å². The molecule has 2 rings (SSSR count). The minimum Gasteiger partial charge on any atom is -0.320 e. The van der Waals surface area contributed by atoms with Crippen molar-refractivity contribution in [2.24, 2.45) is 5.73 Å². The van der Waals surface area contributed by atoms with Crippen LogP contribution in [0.1, 0.15) is 32.5 Å². The van der Waals surface area contributed by atoms with Crippen LogP contribution >= 0.6 is 11.3 Å². The normalized spacial score (nSPS) is 12.8. The summed E-state index contributed by atoms with van der Waals surface area (Å²) in [6, 6.07) is 7.04. The molecule has 2 aromatic rings. The Hall–Kier alpha value is -1.19. The predicted octanol–water partition coefficient (Wildman–Crippen LogP) is 3.86. The van der Waals surface area contributed by atoms with Gasteiger partial charge in [0.25, 0.3) is 0 Å². The van der Waals surface area contributed by atoms with E-state index in [1.165, 1.54) is 4.88 Å². The average Bonchev–Trinajstić information content (AvgIpc) is 2.63. The number of hydrogen-bond donors (Lipinski definition) is 1. The van der Waals surface area contributed by atoms with E-state index in [2.05, 4.69) is 13.0 Å². The maximum atomic E-state index is 13.2. The SMILES string of the molecule is Cc1ccc(C(N)c2c(C)cc(F)cc2C)s1. The smallest absolute Gasteiger partial charge is 0.123 e. The molecule has 0 spiro atoms. The van der Waals surface area contributed by atoms with E-state index in [1.54, 1.807) is 23.5 Å². The van der Waals surface area contributed by atoms with Gasteiger partial charge in [0.15, 0.2) is 0 Å². The third-order valence-electron chi connectivity index (χ3n) is 2.94. The van der Waals surface area contributed by atoms with Crippen molar-refractivity contribution in [2.75, 3.05) is 0 Å². The summed E-state index contributed by atoms with van der Waals surface area (Å²) in [6.45, 7) is 5.88. The second-order valence-electron chi connectivity index (χ2n) is 4.38. The van der Waals surface area contributed by atoms with Gasteiger partial charge in [-0.05, 0) is 61.7 Å². The van der Waals surface area contributed by atoms with Crippen molar-refractivity contribution in [1.29, 1.82) is 0 Å². The van der Waals surface area contributed by atoms with Crippen LogP contribution in [0.15, 0.2) is 24.3 Å². The number of halogens is 1. The van der Waals surface area contributed by atoms with Crippen LogP contribution in [0.3, 0.4) is 0 Å². The average molecular weight is 249 g/mol. The lowest BCUT2D eigenvalue weighted by atomic mass is 9.95. The molecule has 1 aromatic carbocycles. The Bertz CT molecular complexity index is 522. The number of benzene rings is 1. The third kappa shape index (κ3) is 2.40. The fourth-order valence-electron chi connectivity index (χ4n) is 2.18. The van der Waals surface area contributed by atoms with Crippen LogP contribution in [0.2, 0.25) is 0 Å². The number of nitrogens with two attached hydrogens (primary N) is 1. The van der Waals surface area contributed by atoms with E-state index in [4.69, 9.17) is 5.73 Å². The Morgan fingerprint density at radius 3 is 2.18 bits per heavy atom. The van der Waals surface area contributed by atoms with Gasteiger partial charge >= 0.3 is 0 Å². The van der Waals surface area contributed by atoms with Gasteiger partial charge in [-0.2, -0.15) is 0 Å². The van der Waals surface area contributed by atoms with Crippen molar-refractivity contribution < 1.29 is 4.39 Å². The first-order valence-corrected chi connectivity index (χ1v) is 6.39. The van der Waals surface area contributed by atoms with E-state index >= 15 is 0 Å². The number of aryl methyl sites for hydroxylation is 3. The fraction of sp³-hybridized carbons (Fsp3) is 0.286. The highest BCUT2D eigenvalue weighted by Crippen LogP contribution is 2.30. The molecule has 2 N–H and O–H groups in total. The first-order chi connectivity index (χ1) is 7.99. The summed E-state index contributed by atoms with van der Waals surface area (Å²) in [5.41, 5.74) is 9.14. The first-order valence-electron chi connectivity index (χ1n) is 5.57. The van der Waals surface area contributed by atoms with Gasteiger partial charge in [0.2, 0.25) is 0 Å². The molecule has 0 radical (unpaired) electrons. The second kappa shape index (κ2) is 4.59. The van der Waals surface area contributed by atoms with E-state index < -0.39 is 0 Å². The molecule has 0 saturated heterocycles. The summed E-state index contributed by atoms with van der Waals surface area (Å²) >= 11 is 1.69. The predicted molar refractivity (Wildman–Crippen MR) is 71.0 cm³/mol. The van der Waals surface area contributed by atoms with Gasteiger partial charge in [-0.15, -0.1) is 11.3 Å². The first kappa shape index (κ1) is 12.3. The highest BCUT2D eigenvalue weighted by Gasteiger charge is 2.16. The molecule has 0 amide bonds. The molecule has 17 heavy (non-hydrogen) atoms. The summed E-state index contributed by atoms with van der Waals surface area (Å²) in [6.07, 6.45) is 0. The zero-order valence-electron chi connectivity index (χ0n) is 10.3. The van der Waals surface area contributed by atoms with Crippen molar-refractivity contribution in [3.8, 4) is 0 Å². The Balaban J connectivity index is 2.47. The highest BCUT2D eigenvalue weighted by molar-refractivity contribution is 7.12. The summed E-state index contributed by atoms with van der Waals surface area (Å²) in [5, 5.41) is 0. The van der Waals surface area contributed by atoms with Gasteiger partial charge in [-0.3, -0.25) is 0 Å². The second-order valence-corrected chi connectivity index (χ2v) is 5.70. The van der Waals surface area contributed by atoms with Gasteiger partial charge in [-0.25, -0.2) is 4.39 Å². The molecule has 0 aliphatic rings. The zero-order valence-corrected chi connectivity index (χ0v) is 11.1. The van der Waals surface area contributed by atoms with E-state index in [-0.39, 0.29) is 11.9 Å². The molecule has 0 fully saturated rings. The van der Waals surface area contributed by atoms with Gasteiger partial charge in [-0.1, -0.05) is 0 Å². The van der Waals surface area contributed by atoms with E-state index in [0.29, 0.717) is 0 Å². The largest absolute Gasteiger partial charge is 0.320 e. The van der Waals surface area contributed by atoms with Gasteiger partial charge in [0, 0.05) is 9.75 Å². The van der Waals surface area contributed by atoms with Crippen LogP contribution in [0, 0.1) is 26.6 Å². The molecule has 1 aromatic heterocycles. The van der Waals surface area contributed by atoms with Crippen LogP contribution in [0.4, 0.5) is 4.39 Å². The lowest BCUT2D eigenvalue weighted by molar-refractivity contribution is 0.623. The zero-order chi connectivity index (χ0) is 12.6. The molecule has 0 aliphatic carbocycles. The lowest BCUT2D eigenvalue weighted by Crippen LogP contribution is -2.13. The Morgan fingerprint density at radius 2 is 1.71 bits per heavy atom. The quantitative estimate of drug-likeness (QED) is 0.859. The van der Waals surface area contributed by atoms with Crippen LogP contribution in [0.5, 0.6) is 0 Å². The molecule has 3 heteroatoms. The number of rotatable bonds is 2. The maximum Gasteiger partial charge on any atom is 0.123 e. The monoisotopic (exact) mass is 249 g/mol. The Kier molecular flexibility index (Phi) is 3.31. The third-order valence-corrected chi connectivity index (χ3v) is 4.02. The molecular weight excluding hydrogens is 233 g/mol. The molecule has 1 unspecified atom stereocenters. The summed E-state index contributed by atoms with van der Waals surface area (Å²) in [7, 11) is 0. The van der Waals surface area contributed by atoms with Crippen LogP contribution in [-0.2, 0) is 0 Å². The summed E-state index contributed by atoms with van der Waals surface area (Å²) in [4.78, 5) is 2.37. The molecule has 1 heterocycles. The molecule has 0 bridgehead atoms. The minimum atomic E-state index is -0.196. The minimum absolute atomic E-state index is 0.158. The Labute approximate surface area is 105 Å². The molecule has 1 atom stereocenters. The van der Waals surface area contributed by atoms with Crippen molar-refractivity contribution in [3.05, 3.63) is 56.5 Å². The van der Waals surface area contributed by atoms with Crippen LogP contribution < -0.4 is 5.73 Å². The number of thiophene rings is 1. The van der Waals surface area contributed by atoms with Gasteiger partial charge in [0.1, 0.15) is 5.82 Å². The highest BCUT2D eigenvalue weighted by atomic mass is 32.1. The molecule has 90 valence electrons. The maximum absolute atomic E-state index is 13.2. The lowest BCUT2D eigenvalue weighted by Gasteiger charge is -2.16. The van der Waals surface area contributed by atoms with E-state index in [0.717, 1.165) is 21.6 Å². The van der Waals surface area contributed by atoms with Crippen molar-refractivity contribution in [3.63, 3.8) is 0 Å². The molecule has 0 aliphatic heterocycles. The topological polar surface area (TPSA) is 26.0 Å². The van der Waals surface area contributed by atoms with Crippen molar-refractivity contribution in [1.82, 2.24) is 0 Å². The fourth-order valence-corrected chi connectivity index (χ4v) is 3.06.